The average Bonchev–Trinajstić information content (AvgIpc) is 3.20. The van der Waals surface area contributed by atoms with Crippen molar-refractivity contribution in [2.24, 2.45) is 0 Å². The number of hydrogen-bond acceptors (Lipinski definition) is 6. The number of hydrogen-bond donors (Lipinski definition) is 0. The summed E-state index contributed by atoms with van der Waals surface area (Å²) in [5, 5.41) is 2.64. The molecule has 0 saturated heterocycles. The zero-order valence-corrected chi connectivity index (χ0v) is 16.7. The number of thiazole rings is 1. The highest BCUT2D eigenvalue weighted by molar-refractivity contribution is 7.90. The number of benzene rings is 2. The fraction of sp³-hybridized carbons (Fsp3) is 0.100. The number of halogens is 2. The SMILES string of the molecule is COc1cc(F)ccc1-c1ncc(F)c2cc(S(=O)(=O)Cc3nccs3)ccc12. The molecule has 29 heavy (non-hydrogen) atoms. The third-order valence-electron chi connectivity index (χ3n) is 4.39. The van der Waals surface area contributed by atoms with Crippen molar-refractivity contribution >= 4 is 31.9 Å². The molecule has 4 rings (SSSR count). The van der Waals surface area contributed by atoms with Crippen LogP contribution in [-0.2, 0) is 15.6 Å². The third kappa shape index (κ3) is 3.70. The molecule has 0 saturated carbocycles. The Hall–Kier alpha value is -2.91. The van der Waals surface area contributed by atoms with Gasteiger partial charge in [-0.3, -0.25) is 4.98 Å². The van der Waals surface area contributed by atoms with Crippen LogP contribution in [0.2, 0.25) is 0 Å². The van der Waals surface area contributed by atoms with Crippen molar-refractivity contribution in [3.8, 4) is 17.0 Å². The molecule has 0 atom stereocenters. The molecule has 9 heteroatoms. The molecule has 0 amide bonds. The zero-order chi connectivity index (χ0) is 20.6. The van der Waals surface area contributed by atoms with Gasteiger partial charge in [-0.1, -0.05) is 6.07 Å². The van der Waals surface area contributed by atoms with E-state index in [1.54, 1.807) is 5.38 Å². The second-order valence-corrected chi connectivity index (χ2v) is 9.16. The van der Waals surface area contributed by atoms with E-state index in [4.69, 9.17) is 4.74 Å². The van der Waals surface area contributed by atoms with Crippen molar-refractivity contribution in [1.29, 1.82) is 0 Å². The van der Waals surface area contributed by atoms with E-state index in [0.717, 1.165) is 6.20 Å². The number of ether oxygens (including phenoxy) is 1. The quantitative estimate of drug-likeness (QED) is 0.460. The van der Waals surface area contributed by atoms with Crippen molar-refractivity contribution in [2.75, 3.05) is 7.11 Å². The Morgan fingerprint density at radius 3 is 2.62 bits per heavy atom. The van der Waals surface area contributed by atoms with Crippen LogP contribution >= 0.6 is 11.3 Å². The fourth-order valence-corrected chi connectivity index (χ4v) is 5.30. The van der Waals surface area contributed by atoms with Crippen LogP contribution in [0.15, 0.2) is 59.1 Å². The molecule has 0 aliphatic carbocycles. The molecule has 0 aliphatic rings. The average molecular weight is 432 g/mol. The minimum atomic E-state index is -3.70. The van der Waals surface area contributed by atoms with Gasteiger partial charge in [0.05, 0.1) is 23.9 Å². The fourth-order valence-electron chi connectivity index (χ4n) is 3.03. The van der Waals surface area contributed by atoms with E-state index < -0.39 is 21.5 Å². The van der Waals surface area contributed by atoms with Crippen molar-refractivity contribution in [2.45, 2.75) is 10.6 Å². The van der Waals surface area contributed by atoms with Gasteiger partial charge in [-0.15, -0.1) is 11.3 Å². The highest BCUT2D eigenvalue weighted by Gasteiger charge is 2.20. The lowest BCUT2D eigenvalue weighted by Crippen LogP contribution is -2.05. The van der Waals surface area contributed by atoms with Gasteiger partial charge in [0.25, 0.3) is 0 Å². The van der Waals surface area contributed by atoms with Gasteiger partial charge in [-0.2, -0.15) is 0 Å². The Morgan fingerprint density at radius 2 is 1.90 bits per heavy atom. The molecule has 2 heterocycles. The molecule has 5 nitrogen and oxygen atoms in total. The Labute approximate surface area is 169 Å². The summed E-state index contributed by atoms with van der Waals surface area (Å²) < 4.78 is 58.7. The maximum absolute atomic E-state index is 14.5. The Balaban J connectivity index is 1.86. The van der Waals surface area contributed by atoms with Gasteiger partial charge in [-0.05, 0) is 24.3 Å². The van der Waals surface area contributed by atoms with Crippen LogP contribution in [0, 0.1) is 11.6 Å². The zero-order valence-electron chi connectivity index (χ0n) is 15.1. The van der Waals surface area contributed by atoms with E-state index in [9.17, 15) is 17.2 Å². The Bertz CT molecular complexity index is 1310. The van der Waals surface area contributed by atoms with Crippen LogP contribution in [0.1, 0.15) is 5.01 Å². The Morgan fingerprint density at radius 1 is 1.07 bits per heavy atom. The van der Waals surface area contributed by atoms with E-state index >= 15 is 0 Å². The lowest BCUT2D eigenvalue weighted by molar-refractivity contribution is 0.413. The van der Waals surface area contributed by atoms with Gasteiger partial charge in [-0.25, -0.2) is 22.2 Å². The van der Waals surface area contributed by atoms with Gasteiger partial charge in [0.1, 0.15) is 28.1 Å². The molecule has 0 unspecified atom stereocenters. The summed E-state index contributed by atoms with van der Waals surface area (Å²) in [5.41, 5.74) is 0.833. The van der Waals surface area contributed by atoms with Gasteiger partial charge < -0.3 is 4.74 Å². The number of fused-ring (bicyclic) bond motifs is 1. The summed E-state index contributed by atoms with van der Waals surface area (Å²) in [6.45, 7) is 0. The van der Waals surface area contributed by atoms with Crippen LogP contribution in [0.5, 0.6) is 5.75 Å². The van der Waals surface area contributed by atoms with E-state index in [-0.39, 0.29) is 21.8 Å². The predicted molar refractivity (Wildman–Crippen MR) is 107 cm³/mol. The van der Waals surface area contributed by atoms with E-state index in [2.05, 4.69) is 9.97 Å². The largest absolute Gasteiger partial charge is 0.496 e. The van der Waals surface area contributed by atoms with E-state index in [0.29, 0.717) is 21.7 Å². The highest BCUT2D eigenvalue weighted by Crippen LogP contribution is 2.35. The summed E-state index contributed by atoms with van der Waals surface area (Å²) in [6, 6.07) is 8.14. The van der Waals surface area contributed by atoms with Gasteiger partial charge in [0.15, 0.2) is 9.84 Å². The molecule has 0 spiro atoms. The van der Waals surface area contributed by atoms with Crippen molar-refractivity contribution in [3.63, 3.8) is 0 Å². The molecule has 0 N–H and O–H groups in total. The minimum Gasteiger partial charge on any atom is -0.496 e. The minimum absolute atomic E-state index is 0.0117. The monoisotopic (exact) mass is 432 g/mol. The van der Waals surface area contributed by atoms with Crippen LogP contribution < -0.4 is 4.74 Å². The van der Waals surface area contributed by atoms with Crippen LogP contribution in [-0.4, -0.2) is 25.5 Å². The number of rotatable bonds is 5. The first kappa shape index (κ1) is 19.4. The predicted octanol–water partition coefficient (Wildman–Crippen LogP) is 4.62. The van der Waals surface area contributed by atoms with Crippen molar-refractivity contribution in [3.05, 3.63) is 70.8 Å². The first-order valence-corrected chi connectivity index (χ1v) is 11.0. The summed E-state index contributed by atoms with van der Waals surface area (Å²) in [5.74, 6) is -1.16. The first-order chi connectivity index (χ1) is 13.9. The summed E-state index contributed by atoms with van der Waals surface area (Å²) in [6.07, 6.45) is 2.54. The smallest absolute Gasteiger partial charge is 0.184 e. The second kappa shape index (κ2) is 7.49. The van der Waals surface area contributed by atoms with Gasteiger partial charge >= 0.3 is 0 Å². The molecule has 0 radical (unpaired) electrons. The number of aromatic nitrogens is 2. The van der Waals surface area contributed by atoms with Crippen LogP contribution in [0.4, 0.5) is 8.78 Å². The van der Waals surface area contributed by atoms with Gasteiger partial charge in [0, 0.05) is 34.0 Å². The summed E-state index contributed by atoms with van der Waals surface area (Å²) in [4.78, 5) is 8.12. The van der Waals surface area contributed by atoms with Crippen molar-refractivity contribution in [1.82, 2.24) is 9.97 Å². The van der Waals surface area contributed by atoms with Crippen molar-refractivity contribution < 1.29 is 21.9 Å². The maximum Gasteiger partial charge on any atom is 0.184 e. The highest BCUT2D eigenvalue weighted by atomic mass is 32.2. The molecular weight excluding hydrogens is 418 g/mol. The standard InChI is InChI=1S/C20H14F2N2O3S2/c1-27-18-8-12(21)2-4-15(18)20-14-5-3-13(9-16(14)17(22)10-24-20)29(25,26)11-19-23-6-7-28-19/h2-10H,11H2,1H3. The van der Waals surface area contributed by atoms with Crippen LogP contribution in [0.25, 0.3) is 22.0 Å². The molecule has 2 aromatic carbocycles. The summed E-state index contributed by atoms with van der Waals surface area (Å²) in [7, 11) is -2.30. The second-order valence-electron chi connectivity index (χ2n) is 6.19. The lowest BCUT2D eigenvalue weighted by Gasteiger charge is -2.12. The normalized spacial score (nSPS) is 11.7. The maximum atomic E-state index is 14.5. The third-order valence-corrected chi connectivity index (χ3v) is 6.97. The molecule has 4 aromatic rings. The van der Waals surface area contributed by atoms with Crippen LogP contribution in [0.3, 0.4) is 0 Å². The molecule has 0 aliphatic heterocycles. The molecule has 0 bridgehead atoms. The first-order valence-electron chi connectivity index (χ1n) is 8.42. The Kier molecular flexibility index (Phi) is 5.01. The lowest BCUT2D eigenvalue weighted by atomic mass is 10.0. The topological polar surface area (TPSA) is 69.2 Å². The van der Waals surface area contributed by atoms with E-state index in [1.807, 2.05) is 0 Å². The molecule has 148 valence electrons. The van der Waals surface area contributed by atoms with E-state index in [1.165, 1.54) is 61.0 Å². The number of pyridine rings is 1. The molecular formula is C20H14F2N2O3S2. The molecule has 2 aromatic heterocycles. The number of nitrogens with zero attached hydrogens (tertiary/aromatic N) is 2. The number of methoxy groups -OCH3 is 1. The summed E-state index contributed by atoms with van der Waals surface area (Å²) >= 11 is 1.24. The molecule has 0 fully saturated rings. The number of sulfone groups is 1. The van der Waals surface area contributed by atoms with Gasteiger partial charge in [0.2, 0.25) is 0 Å².